The smallest absolute Gasteiger partial charge is 0.381 e. The third kappa shape index (κ3) is 4.34. The molecule has 20 heavy (non-hydrogen) atoms. The Morgan fingerprint density at radius 3 is 2.30 bits per heavy atom. The maximum Gasteiger partial charge on any atom is 0.416 e. The molecule has 1 heterocycles. The molecule has 0 bridgehead atoms. The van der Waals surface area contributed by atoms with E-state index in [-0.39, 0.29) is 12.2 Å². The van der Waals surface area contributed by atoms with Crippen molar-refractivity contribution < 1.29 is 22.7 Å². The van der Waals surface area contributed by atoms with Gasteiger partial charge in [-0.25, -0.2) is 0 Å². The second-order valence-corrected chi connectivity index (χ2v) is 5.17. The summed E-state index contributed by atoms with van der Waals surface area (Å²) in [6.45, 7) is 1.39. The molecular weight excluding hydrogens is 269 g/mol. The number of ether oxygens (including phenoxy) is 1. The summed E-state index contributed by atoms with van der Waals surface area (Å²) in [4.78, 5) is 11.9. The first-order valence-electron chi connectivity index (χ1n) is 6.71. The van der Waals surface area contributed by atoms with Crippen LogP contribution in [0.3, 0.4) is 0 Å². The average molecular weight is 286 g/mol. The molecule has 2 rings (SSSR count). The number of carbonyl (C=O) groups excluding carboxylic acids is 1. The van der Waals surface area contributed by atoms with Crippen molar-refractivity contribution in [2.45, 2.75) is 31.9 Å². The highest BCUT2D eigenvalue weighted by molar-refractivity contribution is 5.81. The fourth-order valence-electron chi connectivity index (χ4n) is 2.38. The quantitative estimate of drug-likeness (QED) is 0.844. The third-order valence-corrected chi connectivity index (χ3v) is 3.54. The average Bonchev–Trinajstić information content (AvgIpc) is 2.39. The van der Waals surface area contributed by atoms with Gasteiger partial charge in [0.25, 0.3) is 0 Å². The summed E-state index contributed by atoms with van der Waals surface area (Å²) < 4.78 is 42.5. The number of hydrogen-bond acceptors (Lipinski definition) is 2. The standard InChI is InChI=1S/C15H17F3O2/c16-15(17,18)13-3-1-11(2-4-13)9-14(19)10-12-5-7-20-8-6-12/h1-4,12H,5-10H2. The molecular formula is C15H17F3O2. The largest absolute Gasteiger partial charge is 0.416 e. The lowest BCUT2D eigenvalue weighted by Crippen LogP contribution is -2.19. The lowest BCUT2D eigenvalue weighted by Gasteiger charge is -2.21. The number of benzene rings is 1. The molecule has 1 aliphatic heterocycles. The van der Waals surface area contributed by atoms with Crippen molar-refractivity contribution in [3.8, 4) is 0 Å². The van der Waals surface area contributed by atoms with Crippen molar-refractivity contribution in [2.24, 2.45) is 5.92 Å². The first-order chi connectivity index (χ1) is 9.45. The minimum Gasteiger partial charge on any atom is -0.381 e. The van der Waals surface area contributed by atoms with Gasteiger partial charge in [0, 0.05) is 26.1 Å². The van der Waals surface area contributed by atoms with Crippen LogP contribution in [-0.4, -0.2) is 19.0 Å². The molecule has 0 unspecified atom stereocenters. The van der Waals surface area contributed by atoms with Crippen molar-refractivity contribution in [2.75, 3.05) is 13.2 Å². The van der Waals surface area contributed by atoms with Crippen molar-refractivity contribution >= 4 is 5.78 Å². The van der Waals surface area contributed by atoms with E-state index in [4.69, 9.17) is 4.74 Å². The van der Waals surface area contributed by atoms with Gasteiger partial charge in [0.15, 0.2) is 0 Å². The first kappa shape index (κ1) is 15.0. The summed E-state index contributed by atoms with van der Waals surface area (Å²) >= 11 is 0. The van der Waals surface area contributed by atoms with E-state index in [9.17, 15) is 18.0 Å². The Balaban J connectivity index is 1.87. The van der Waals surface area contributed by atoms with Gasteiger partial charge >= 0.3 is 6.18 Å². The van der Waals surface area contributed by atoms with Crippen LogP contribution in [0.4, 0.5) is 13.2 Å². The van der Waals surface area contributed by atoms with Gasteiger partial charge in [0.1, 0.15) is 5.78 Å². The molecule has 110 valence electrons. The molecule has 1 aromatic rings. The fraction of sp³-hybridized carbons (Fsp3) is 0.533. The molecule has 1 saturated heterocycles. The molecule has 0 N–H and O–H groups in total. The molecule has 0 aliphatic carbocycles. The molecule has 0 saturated carbocycles. The van der Waals surface area contributed by atoms with Gasteiger partial charge in [-0.2, -0.15) is 13.2 Å². The zero-order chi connectivity index (χ0) is 14.6. The lowest BCUT2D eigenvalue weighted by molar-refractivity contribution is -0.137. The number of alkyl halides is 3. The predicted octanol–water partition coefficient (Wildman–Crippen LogP) is 3.63. The van der Waals surface area contributed by atoms with Crippen molar-refractivity contribution in [1.82, 2.24) is 0 Å². The van der Waals surface area contributed by atoms with E-state index in [1.165, 1.54) is 12.1 Å². The topological polar surface area (TPSA) is 26.3 Å². The van der Waals surface area contributed by atoms with E-state index in [2.05, 4.69) is 0 Å². The van der Waals surface area contributed by atoms with Crippen molar-refractivity contribution in [1.29, 1.82) is 0 Å². The van der Waals surface area contributed by atoms with Crippen LogP contribution in [0.1, 0.15) is 30.4 Å². The summed E-state index contributed by atoms with van der Waals surface area (Å²) in [7, 11) is 0. The Morgan fingerprint density at radius 1 is 1.15 bits per heavy atom. The fourth-order valence-corrected chi connectivity index (χ4v) is 2.38. The van der Waals surface area contributed by atoms with E-state index in [1.807, 2.05) is 0 Å². The van der Waals surface area contributed by atoms with Crippen molar-refractivity contribution in [3.63, 3.8) is 0 Å². The van der Waals surface area contributed by atoms with Crippen molar-refractivity contribution in [3.05, 3.63) is 35.4 Å². The number of hydrogen-bond donors (Lipinski definition) is 0. The number of carbonyl (C=O) groups is 1. The zero-order valence-corrected chi connectivity index (χ0v) is 11.1. The van der Waals surface area contributed by atoms with Crippen LogP contribution in [0.2, 0.25) is 0 Å². The van der Waals surface area contributed by atoms with Crippen LogP contribution >= 0.6 is 0 Å². The second-order valence-electron chi connectivity index (χ2n) is 5.17. The SMILES string of the molecule is O=C(Cc1ccc(C(F)(F)F)cc1)CC1CCOCC1. The normalized spacial score (nSPS) is 17.1. The Kier molecular flexibility index (Phi) is 4.81. The Morgan fingerprint density at radius 2 is 1.75 bits per heavy atom. The molecule has 0 radical (unpaired) electrons. The van der Waals surface area contributed by atoms with Gasteiger partial charge in [-0.1, -0.05) is 12.1 Å². The van der Waals surface area contributed by atoms with Gasteiger partial charge in [0.2, 0.25) is 0 Å². The summed E-state index contributed by atoms with van der Waals surface area (Å²) in [6.07, 6.45) is -1.86. The van der Waals surface area contributed by atoms with Crippen LogP contribution in [0, 0.1) is 5.92 Å². The first-order valence-corrected chi connectivity index (χ1v) is 6.71. The van der Waals surface area contributed by atoms with Crippen LogP contribution < -0.4 is 0 Å². The van der Waals surface area contributed by atoms with E-state index in [0.29, 0.717) is 31.1 Å². The molecule has 0 spiro atoms. The molecule has 0 atom stereocenters. The summed E-state index contributed by atoms with van der Waals surface area (Å²) in [5.41, 5.74) is -0.0480. The maximum absolute atomic E-state index is 12.4. The van der Waals surface area contributed by atoms with Gasteiger partial charge in [0.05, 0.1) is 5.56 Å². The van der Waals surface area contributed by atoms with Crippen LogP contribution in [0.5, 0.6) is 0 Å². The Bertz CT molecular complexity index is 445. The van der Waals surface area contributed by atoms with E-state index >= 15 is 0 Å². The van der Waals surface area contributed by atoms with Gasteiger partial charge in [-0.3, -0.25) is 4.79 Å². The molecule has 0 amide bonds. The number of Topliss-reactive ketones (excluding diaryl/α,β-unsaturated/α-hetero) is 1. The van der Waals surface area contributed by atoms with E-state index < -0.39 is 11.7 Å². The third-order valence-electron chi connectivity index (χ3n) is 3.54. The molecule has 1 aromatic carbocycles. The lowest BCUT2D eigenvalue weighted by atomic mass is 9.92. The molecule has 2 nitrogen and oxygen atoms in total. The monoisotopic (exact) mass is 286 g/mol. The molecule has 1 fully saturated rings. The zero-order valence-electron chi connectivity index (χ0n) is 11.1. The predicted molar refractivity (Wildman–Crippen MR) is 68.3 cm³/mol. The Labute approximate surface area is 115 Å². The summed E-state index contributed by atoms with van der Waals surface area (Å²) in [5.74, 6) is 0.433. The molecule has 5 heteroatoms. The Hall–Kier alpha value is -1.36. The number of halogens is 3. The minimum atomic E-state index is -4.33. The van der Waals surface area contributed by atoms with E-state index in [1.54, 1.807) is 0 Å². The molecule has 1 aliphatic rings. The van der Waals surface area contributed by atoms with Gasteiger partial charge < -0.3 is 4.74 Å². The highest BCUT2D eigenvalue weighted by atomic mass is 19.4. The van der Waals surface area contributed by atoms with Crippen LogP contribution in [-0.2, 0) is 22.1 Å². The second kappa shape index (κ2) is 6.39. The number of ketones is 1. The maximum atomic E-state index is 12.4. The van der Waals surface area contributed by atoms with Crippen LogP contribution in [0.15, 0.2) is 24.3 Å². The highest BCUT2D eigenvalue weighted by Gasteiger charge is 2.30. The summed E-state index contributed by atoms with van der Waals surface area (Å²) in [6, 6.07) is 4.81. The van der Waals surface area contributed by atoms with Gasteiger partial charge in [-0.05, 0) is 36.5 Å². The number of rotatable bonds is 4. The van der Waals surface area contributed by atoms with Gasteiger partial charge in [-0.15, -0.1) is 0 Å². The van der Waals surface area contributed by atoms with Crippen LogP contribution in [0.25, 0.3) is 0 Å². The van der Waals surface area contributed by atoms with E-state index in [0.717, 1.165) is 25.0 Å². The summed E-state index contributed by atoms with van der Waals surface area (Å²) in [5, 5.41) is 0. The minimum absolute atomic E-state index is 0.0802. The highest BCUT2D eigenvalue weighted by Crippen LogP contribution is 2.29. The molecule has 0 aromatic heterocycles.